The van der Waals surface area contributed by atoms with Crippen molar-refractivity contribution in [3.63, 3.8) is 0 Å². The fourth-order valence-corrected chi connectivity index (χ4v) is 1.39. The Morgan fingerprint density at radius 3 is 2.25 bits per heavy atom. The fourth-order valence-electron chi connectivity index (χ4n) is 1.39. The second kappa shape index (κ2) is 4.19. The van der Waals surface area contributed by atoms with Gasteiger partial charge in [0.2, 0.25) is 0 Å². The molecule has 0 aromatic heterocycles. The highest BCUT2D eigenvalue weighted by Crippen LogP contribution is 2.24. The van der Waals surface area contributed by atoms with Gasteiger partial charge >= 0.3 is 0 Å². The standard InChI is InChI=1S/C10H16O2/c1-8(11-3)9(2)12-10-6-4-5-7-10/h10H,1-2,4-7H2,3H3. The van der Waals surface area contributed by atoms with Gasteiger partial charge in [-0.05, 0) is 25.7 Å². The molecule has 1 aliphatic rings. The Morgan fingerprint density at radius 1 is 1.17 bits per heavy atom. The van der Waals surface area contributed by atoms with E-state index in [1.165, 1.54) is 12.8 Å². The minimum atomic E-state index is 0.337. The van der Waals surface area contributed by atoms with E-state index in [0.29, 0.717) is 17.6 Å². The van der Waals surface area contributed by atoms with Crippen LogP contribution in [0.4, 0.5) is 0 Å². The topological polar surface area (TPSA) is 18.5 Å². The molecule has 0 aliphatic heterocycles. The van der Waals surface area contributed by atoms with Gasteiger partial charge in [0.1, 0.15) is 0 Å². The SMILES string of the molecule is C=C(OC)C(=C)OC1CCCC1. The first-order valence-corrected chi connectivity index (χ1v) is 4.33. The first kappa shape index (κ1) is 9.17. The van der Waals surface area contributed by atoms with Crippen LogP contribution in [0.3, 0.4) is 0 Å². The van der Waals surface area contributed by atoms with E-state index >= 15 is 0 Å². The van der Waals surface area contributed by atoms with Gasteiger partial charge in [0.05, 0.1) is 13.2 Å². The van der Waals surface area contributed by atoms with Crippen molar-refractivity contribution in [3.8, 4) is 0 Å². The van der Waals surface area contributed by atoms with Gasteiger partial charge in [0.25, 0.3) is 0 Å². The molecule has 1 aliphatic carbocycles. The van der Waals surface area contributed by atoms with Crippen LogP contribution in [0.1, 0.15) is 25.7 Å². The van der Waals surface area contributed by atoms with Crippen LogP contribution in [0.25, 0.3) is 0 Å². The van der Waals surface area contributed by atoms with Crippen LogP contribution >= 0.6 is 0 Å². The van der Waals surface area contributed by atoms with Gasteiger partial charge in [0.15, 0.2) is 11.5 Å². The number of rotatable bonds is 4. The third-order valence-corrected chi connectivity index (χ3v) is 2.17. The second-order valence-corrected chi connectivity index (χ2v) is 3.07. The van der Waals surface area contributed by atoms with Gasteiger partial charge in [-0.1, -0.05) is 13.2 Å². The summed E-state index contributed by atoms with van der Waals surface area (Å²) in [6, 6.07) is 0. The van der Waals surface area contributed by atoms with Crippen LogP contribution in [0.5, 0.6) is 0 Å². The van der Waals surface area contributed by atoms with Crippen LogP contribution in [-0.4, -0.2) is 13.2 Å². The van der Waals surface area contributed by atoms with Gasteiger partial charge in [-0.2, -0.15) is 0 Å². The molecule has 0 atom stereocenters. The van der Waals surface area contributed by atoms with Gasteiger partial charge in [-0.15, -0.1) is 0 Å². The minimum absolute atomic E-state index is 0.337. The minimum Gasteiger partial charge on any atom is -0.494 e. The Kier molecular flexibility index (Phi) is 3.20. The van der Waals surface area contributed by atoms with E-state index in [1.807, 2.05) is 0 Å². The molecule has 1 fully saturated rings. The van der Waals surface area contributed by atoms with Crippen molar-refractivity contribution in [3.05, 3.63) is 24.7 Å². The number of hydrogen-bond acceptors (Lipinski definition) is 2. The smallest absolute Gasteiger partial charge is 0.153 e. The van der Waals surface area contributed by atoms with E-state index in [1.54, 1.807) is 7.11 Å². The molecule has 0 aromatic rings. The van der Waals surface area contributed by atoms with E-state index in [-0.39, 0.29) is 0 Å². The van der Waals surface area contributed by atoms with E-state index < -0.39 is 0 Å². The van der Waals surface area contributed by atoms with Gasteiger partial charge in [-0.25, -0.2) is 0 Å². The summed E-state index contributed by atoms with van der Waals surface area (Å²) in [4.78, 5) is 0. The first-order chi connectivity index (χ1) is 5.74. The molecule has 68 valence electrons. The van der Waals surface area contributed by atoms with Crippen LogP contribution in [0.15, 0.2) is 24.7 Å². The Labute approximate surface area is 73.9 Å². The van der Waals surface area contributed by atoms with Crippen LogP contribution in [-0.2, 0) is 9.47 Å². The first-order valence-electron chi connectivity index (χ1n) is 4.33. The summed E-state index contributed by atoms with van der Waals surface area (Å²) in [6.07, 6.45) is 5.13. The lowest BCUT2D eigenvalue weighted by Gasteiger charge is -2.15. The molecule has 0 aromatic carbocycles. The predicted octanol–water partition coefficient (Wildman–Crippen LogP) is 2.62. The molecule has 0 bridgehead atoms. The molecule has 12 heavy (non-hydrogen) atoms. The molecule has 2 nitrogen and oxygen atoms in total. The van der Waals surface area contributed by atoms with Crippen molar-refractivity contribution in [1.82, 2.24) is 0 Å². The molecular formula is C10H16O2. The zero-order chi connectivity index (χ0) is 8.97. The monoisotopic (exact) mass is 168 g/mol. The molecule has 0 N–H and O–H groups in total. The van der Waals surface area contributed by atoms with Crippen molar-refractivity contribution in [2.24, 2.45) is 0 Å². The van der Waals surface area contributed by atoms with Crippen LogP contribution < -0.4 is 0 Å². The zero-order valence-corrected chi connectivity index (χ0v) is 7.64. The average Bonchev–Trinajstić information content (AvgIpc) is 2.55. The summed E-state index contributed by atoms with van der Waals surface area (Å²) in [5.41, 5.74) is 0. The lowest BCUT2D eigenvalue weighted by Crippen LogP contribution is -2.08. The lowest BCUT2D eigenvalue weighted by molar-refractivity contribution is 0.108. The maximum absolute atomic E-state index is 5.54. The number of hydrogen-bond donors (Lipinski definition) is 0. The molecule has 1 rings (SSSR count). The molecule has 2 heteroatoms. The Morgan fingerprint density at radius 2 is 1.75 bits per heavy atom. The summed E-state index contributed by atoms with van der Waals surface area (Å²) >= 11 is 0. The van der Waals surface area contributed by atoms with Crippen molar-refractivity contribution in [1.29, 1.82) is 0 Å². The van der Waals surface area contributed by atoms with E-state index in [9.17, 15) is 0 Å². The average molecular weight is 168 g/mol. The van der Waals surface area contributed by atoms with Crippen molar-refractivity contribution >= 4 is 0 Å². The largest absolute Gasteiger partial charge is 0.494 e. The van der Waals surface area contributed by atoms with Gasteiger partial charge < -0.3 is 9.47 Å². The molecule has 0 spiro atoms. The van der Waals surface area contributed by atoms with Crippen LogP contribution in [0.2, 0.25) is 0 Å². The third kappa shape index (κ3) is 2.29. The summed E-state index contributed by atoms with van der Waals surface area (Å²) in [7, 11) is 1.57. The van der Waals surface area contributed by atoms with Crippen molar-refractivity contribution in [2.45, 2.75) is 31.8 Å². The summed E-state index contributed by atoms with van der Waals surface area (Å²) in [5.74, 6) is 1.10. The third-order valence-electron chi connectivity index (χ3n) is 2.17. The highest BCUT2D eigenvalue weighted by molar-refractivity contribution is 5.12. The Balaban J connectivity index is 2.29. The molecule has 0 heterocycles. The molecule has 1 saturated carbocycles. The van der Waals surface area contributed by atoms with Crippen molar-refractivity contribution < 1.29 is 9.47 Å². The fraction of sp³-hybridized carbons (Fsp3) is 0.600. The highest BCUT2D eigenvalue weighted by atomic mass is 16.5. The van der Waals surface area contributed by atoms with Gasteiger partial charge in [0, 0.05) is 0 Å². The molecule has 0 unspecified atom stereocenters. The maximum Gasteiger partial charge on any atom is 0.153 e. The molecule has 0 amide bonds. The Bertz CT molecular complexity index is 178. The number of ether oxygens (including phenoxy) is 2. The summed E-state index contributed by atoms with van der Waals surface area (Å²) in [5, 5.41) is 0. The maximum atomic E-state index is 5.54. The van der Waals surface area contributed by atoms with E-state index in [0.717, 1.165) is 12.8 Å². The van der Waals surface area contributed by atoms with E-state index in [4.69, 9.17) is 9.47 Å². The zero-order valence-electron chi connectivity index (χ0n) is 7.64. The molecular weight excluding hydrogens is 152 g/mol. The lowest BCUT2D eigenvalue weighted by atomic mass is 10.3. The summed E-state index contributed by atoms with van der Waals surface area (Å²) < 4.78 is 10.4. The van der Waals surface area contributed by atoms with Crippen LogP contribution in [0, 0.1) is 0 Å². The van der Waals surface area contributed by atoms with E-state index in [2.05, 4.69) is 13.2 Å². The normalized spacial score (nSPS) is 17.4. The summed E-state index contributed by atoms with van der Waals surface area (Å²) in [6.45, 7) is 7.41. The number of methoxy groups -OCH3 is 1. The predicted molar refractivity (Wildman–Crippen MR) is 48.6 cm³/mol. The molecule has 0 radical (unpaired) electrons. The quantitative estimate of drug-likeness (QED) is 0.474. The molecule has 0 saturated heterocycles. The Hall–Kier alpha value is -0.920. The van der Waals surface area contributed by atoms with Gasteiger partial charge in [-0.3, -0.25) is 0 Å². The highest BCUT2D eigenvalue weighted by Gasteiger charge is 2.17. The second-order valence-electron chi connectivity index (χ2n) is 3.07. The van der Waals surface area contributed by atoms with Crippen molar-refractivity contribution in [2.75, 3.05) is 7.11 Å².